The standard InChI is InChI=1S/C43H49N3O3/c1-31(2)39-25-40(42(49-30-34-12-8-5-9-13-34)26-41(39)48-29-33-10-6-4-7-11-33)43(47)46-27-35-14-15-38(24-36(35)28-46)45-22-18-37(19-23-45)44-20-16-32(3)17-21-44/h4-15,24-26,32,37H,1,16-23,27-30H2,2-3H3. The van der Waals surface area contributed by atoms with E-state index in [2.05, 4.69) is 41.5 Å². The molecule has 3 heterocycles. The lowest BCUT2D eigenvalue weighted by atomic mass is 9.94. The predicted molar refractivity (Wildman–Crippen MR) is 198 cm³/mol. The summed E-state index contributed by atoms with van der Waals surface area (Å²) in [4.78, 5) is 21.6. The van der Waals surface area contributed by atoms with E-state index < -0.39 is 0 Å². The van der Waals surface area contributed by atoms with Crippen molar-refractivity contribution in [1.29, 1.82) is 0 Å². The molecule has 4 aromatic carbocycles. The second-order valence-corrected chi connectivity index (χ2v) is 14.2. The average Bonchev–Trinajstić information content (AvgIpc) is 3.58. The molecule has 3 aliphatic heterocycles. The van der Waals surface area contributed by atoms with Crippen molar-refractivity contribution in [3.8, 4) is 11.5 Å². The molecule has 6 heteroatoms. The van der Waals surface area contributed by atoms with Gasteiger partial charge in [-0.3, -0.25) is 4.79 Å². The fraction of sp³-hybridized carbons (Fsp3) is 0.372. The Bertz CT molecular complexity index is 1760. The minimum Gasteiger partial charge on any atom is -0.488 e. The van der Waals surface area contributed by atoms with E-state index in [1.54, 1.807) is 0 Å². The van der Waals surface area contributed by atoms with E-state index in [0.717, 1.165) is 41.3 Å². The molecule has 0 aliphatic carbocycles. The van der Waals surface area contributed by atoms with Crippen molar-refractivity contribution in [3.05, 3.63) is 131 Å². The van der Waals surface area contributed by atoms with Gasteiger partial charge in [-0.25, -0.2) is 0 Å². The Hall–Kier alpha value is -4.55. The van der Waals surface area contributed by atoms with Crippen molar-refractivity contribution in [2.45, 2.75) is 71.9 Å². The lowest BCUT2D eigenvalue weighted by Crippen LogP contribution is -2.47. The Labute approximate surface area is 291 Å². The van der Waals surface area contributed by atoms with E-state index in [4.69, 9.17) is 9.47 Å². The fourth-order valence-electron chi connectivity index (χ4n) is 7.55. The highest BCUT2D eigenvalue weighted by molar-refractivity contribution is 5.98. The molecule has 0 aromatic heterocycles. The Morgan fingerprint density at radius 1 is 0.714 bits per heavy atom. The number of amides is 1. The minimum atomic E-state index is -0.0467. The molecule has 2 saturated heterocycles. The largest absolute Gasteiger partial charge is 0.488 e. The number of anilines is 1. The molecule has 7 rings (SSSR count). The fourth-order valence-corrected chi connectivity index (χ4v) is 7.55. The van der Waals surface area contributed by atoms with Gasteiger partial charge in [0, 0.05) is 49.5 Å². The molecule has 0 saturated carbocycles. The van der Waals surface area contributed by atoms with Crippen LogP contribution in [0.5, 0.6) is 11.5 Å². The first-order valence-electron chi connectivity index (χ1n) is 18.0. The maximum absolute atomic E-state index is 14.4. The van der Waals surface area contributed by atoms with Crippen LogP contribution in [-0.4, -0.2) is 47.9 Å². The molecule has 254 valence electrons. The van der Waals surface area contributed by atoms with Gasteiger partial charge < -0.3 is 24.2 Å². The van der Waals surface area contributed by atoms with Crippen molar-refractivity contribution in [2.75, 3.05) is 31.1 Å². The van der Waals surface area contributed by atoms with Gasteiger partial charge in [0.15, 0.2) is 0 Å². The third-order valence-electron chi connectivity index (χ3n) is 10.6. The number of nitrogens with zero attached hydrogens (tertiary/aromatic N) is 3. The third kappa shape index (κ3) is 7.70. The van der Waals surface area contributed by atoms with E-state index in [9.17, 15) is 4.79 Å². The van der Waals surface area contributed by atoms with Crippen molar-refractivity contribution >= 4 is 17.2 Å². The summed E-state index contributed by atoms with van der Waals surface area (Å²) >= 11 is 0. The average molecular weight is 656 g/mol. The van der Waals surface area contributed by atoms with E-state index >= 15 is 0 Å². The number of hydrogen-bond donors (Lipinski definition) is 0. The lowest BCUT2D eigenvalue weighted by Gasteiger charge is -2.42. The van der Waals surface area contributed by atoms with Gasteiger partial charge in [-0.15, -0.1) is 0 Å². The summed E-state index contributed by atoms with van der Waals surface area (Å²) in [6.07, 6.45) is 5.11. The topological polar surface area (TPSA) is 45.3 Å². The molecule has 0 unspecified atom stereocenters. The Kier molecular flexibility index (Phi) is 10.0. The Morgan fingerprint density at radius 2 is 1.31 bits per heavy atom. The van der Waals surface area contributed by atoms with Crippen LogP contribution in [0.2, 0.25) is 0 Å². The molecule has 6 nitrogen and oxygen atoms in total. The number of benzene rings is 4. The normalized spacial score (nSPS) is 17.2. The first-order chi connectivity index (χ1) is 23.9. The Balaban J connectivity index is 1.08. The highest BCUT2D eigenvalue weighted by Crippen LogP contribution is 2.37. The lowest BCUT2D eigenvalue weighted by molar-refractivity contribution is 0.0746. The van der Waals surface area contributed by atoms with Crippen molar-refractivity contribution < 1.29 is 14.3 Å². The molecule has 49 heavy (non-hydrogen) atoms. The number of rotatable bonds is 10. The van der Waals surface area contributed by atoms with Crippen molar-refractivity contribution in [2.24, 2.45) is 5.92 Å². The van der Waals surface area contributed by atoms with Gasteiger partial charge in [-0.2, -0.15) is 0 Å². The van der Waals surface area contributed by atoms with Gasteiger partial charge in [0.2, 0.25) is 0 Å². The highest BCUT2D eigenvalue weighted by atomic mass is 16.5. The molecule has 2 fully saturated rings. The second kappa shape index (κ2) is 14.9. The SMILES string of the molecule is C=C(C)c1cc(C(=O)N2Cc3ccc(N4CCC(N5CCC(C)CC5)CC4)cc3C2)c(OCc2ccccc2)cc1OCc1ccccc1. The van der Waals surface area contributed by atoms with Gasteiger partial charge >= 0.3 is 0 Å². The summed E-state index contributed by atoms with van der Waals surface area (Å²) in [7, 11) is 0. The predicted octanol–water partition coefficient (Wildman–Crippen LogP) is 8.73. The van der Waals surface area contributed by atoms with Crippen LogP contribution in [0.3, 0.4) is 0 Å². The number of carbonyl (C=O) groups is 1. The minimum absolute atomic E-state index is 0.0467. The number of likely N-dealkylation sites (tertiary alicyclic amines) is 1. The number of piperidine rings is 2. The smallest absolute Gasteiger partial charge is 0.258 e. The number of fused-ring (bicyclic) bond motifs is 1. The molecular weight excluding hydrogens is 606 g/mol. The summed E-state index contributed by atoms with van der Waals surface area (Å²) in [5.74, 6) is 2.00. The van der Waals surface area contributed by atoms with Crippen LogP contribution in [0.4, 0.5) is 5.69 Å². The number of hydrogen-bond acceptors (Lipinski definition) is 5. The molecule has 4 aromatic rings. The van der Waals surface area contributed by atoms with E-state index in [1.165, 1.54) is 55.6 Å². The molecular formula is C43H49N3O3. The number of ether oxygens (including phenoxy) is 2. The van der Waals surface area contributed by atoms with E-state index in [1.807, 2.05) is 84.6 Å². The quantitative estimate of drug-likeness (QED) is 0.171. The van der Waals surface area contributed by atoms with Crippen molar-refractivity contribution in [3.63, 3.8) is 0 Å². The van der Waals surface area contributed by atoms with Crippen LogP contribution >= 0.6 is 0 Å². The number of carbonyl (C=O) groups excluding carboxylic acids is 1. The van der Waals surface area contributed by atoms with Gasteiger partial charge in [-0.1, -0.05) is 80.2 Å². The Morgan fingerprint density at radius 3 is 1.92 bits per heavy atom. The van der Waals surface area contributed by atoms with Crippen LogP contribution in [-0.2, 0) is 26.3 Å². The van der Waals surface area contributed by atoms with Crippen molar-refractivity contribution in [1.82, 2.24) is 9.80 Å². The highest BCUT2D eigenvalue weighted by Gasteiger charge is 2.30. The van der Waals surface area contributed by atoms with Crippen LogP contribution in [0, 0.1) is 5.92 Å². The molecule has 1 amide bonds. The first-order valence-corrected chi connectivity index (χ1v) is 18.0. The molecule has 0 radical (unpaired) electrons. The second-order valence-electron chi connectivity index (χ2n) is 14.2. The first kappa shape index (κ1) is 33.0. The van der Waals surface area contributed by atoms with Crippen LogP contribution < -0.4 is 14.4 Å². The zero-order chi connectivity index (χ0) is 33.7. The maximum Gasteiger partial charge on any atom is 0.258 e. The van der Waals surface area contributed by atoms with Crippen LogP contribution in [0.25, 0.3) is 5.57 Å². The van der Waals surface area contributed by atoms with E-state index in [-0.39, 0.29) is 5.91 Å². The zero-order valence-electron chi connectivity index (χ0n) is 29.1. The maximum atomic E-state index is 14.4. The van der Waals surface area contributed by atoms with Gasteiger partial charge in [0.05, 0.1) is 5.56 Å². The number of allylic oxidation sites excluding steroid dienone is 1. The monoisotopic (exact) mass is 655 g/mol. The van der Waals surface area contributed by atoms with Gasteiger partial charge in [-0.05, 0) is 97.6 Å². The molecule has 0 bridgehead atoms. The summed E-state index contributed by atoms with van der Waals surface area (Å²) < 4.78 is 12.7. The van der Waals surface area contributed by atoms with Gasteiger partial charge in [0.25, 0.3) is 5.91 Å². The summed E-state index contributed by atoms with van der Waals surface area (Å²) in [5, 5.41) is 0. The molecule has 3 aliphatic rings. The molecule has 0 N–H and O–H groups in total. The summed E-state index contributed by atoms with van der Waals surface area (Å²) in [5.41, 5.74) is 7.99. The summed E-state index contributed by atoms with van der Waals surface area (Å²) in [6.45, 7) is 15.2. The van der Waals surface area contributed by atoms with Gasteiger partial charge in [0.1, 0.15) is 24.7 Å². The third-order valence-corrected chi connectivity index (χ3v) is 10.6. The summed E-state index contributed by atoms with van der Waals surface area (Å²) in [6, 6.07) is 31.4. The van der Waals surface area contributed by atoms with E-state index in [0.29, 0.717) is 49.4 Å². The zero-order valence-corrected chi connectivity index (χ0v) is 29.1. The molecule has 0 atom stereocenters. The van der Waals surface area contributed by atoms with Crippen LogP contribution in [0.1, 0.15) is 77.7 Å². The molecule has 0 spiro atoms. The van der Waals surface area contributed by atoms with Crippen LogP contribution in [0.15, 0.2) is 97.6 Å².